The van der Waals surface area contributed by atoms with Gasteiger partial charge in [0.25, 0.3) is 0 Å². The van der Waals surface area contributed by atoms with Gasteiger partial charge in [-0.2, -0.15) is 0 Å². The van der Waals surface area contributed by atoms with E-state index >= 15 is 0 Å². The van der Waals surface area contributed by atoms with Gasteiger partial charge in [-0.05, 0) is 24.8 Å². The predicted octanol–water partition coefficient (Wildman–Crippen LogP) is 13.3. The third-order valence-corrected chi connectivity index (χ3v) is 9.05. The van der Waals surface area contributed by atoms with Gasteiger partial charge < -0.3 is 0 Å². The fourth-order valence-corrected chi connectivity index (χ4v) is 6.17. The number of hydrogen-bond acceptors (Lipinski definition) is 0. The van der Waals surface area contributed by atoms with Gasteiger partial charge in [-0.15, -0.1) is 0 Å². The minimum absolute atomic E-state index is 1.19. The highest BCUT2D eigenvalue weighted by atomic mass is 14.9. The first-order valence-electron chi connectivity index (χ1n) is 18.8. The van der Waals surface area contributed by atoms with Crippen molar-refractivity contribution in [1.29, 1.82) is 0 Å². The Labute approximate surface area is 253 Å². The lowest BCUT2D eigenvalue weighted by Gasteiger charge is -2.04. The molecule has 0 aliphatic heterocycles. The largest absolute Gasteiger partial charge is 0.205 e. The molecule has 0 radical (unpaired) electrons. The zero-order valence-electron chi connectivity index (χ0n) is 27.9. The van der Waals surface area contributed by atoms with Gasteiger partial charge in [-0.1, -0.05) is 187 Å². The molecule has 0 aliphatic carbocycles. The minimum atomic E-state index is 1.19. The number of rotatable bonds is 32. The summed E-state index contributed by atoms with van der Waals surface area (Å²) >= 11 is 0. The Kier molecular flexibility index (Phi) is 28.9. The van der Waals surface area contributed by atoms with Crippen LogP contribution in [0.3, 0.4) is 0 Å². The van der Waals surface area contributed by atoms with Crippen LogP contribution in [-0.4, -0.2) is 0 Å². The minimum Gasteiger partial charge on any atom is -0.205 e. The smallest absolute Gasteiger partial charge is 0.169 e. The lowest BCUT2D eigenvalue weighted by atomic mass is 10.0. The molecule has 0 aliphatic rings. The Morgan fingerprint density at radius 2 is 0.625 bits per heavy atom. The van der Waals surface area contributed by atoms with Gasteiger partial charge >= 0.3 is 0 Å². The highest BCUT2D eigenvalue weighted by molar-refractivity contribution is 5.07. The highest BCUT2D eigenvalue weighted by Crippen LogP contribution is 2.15. The van der Waals surface area contributed by atoms with E-state index < -0.39 is 0 Å². The van der Waals surface area contributed by atoms with Gasteiger partial charge in [-0.3, -0.25) is 0 Å². The summed E-state index contributed by atoms with van der Waals surface area (Å²) in [6.07, 6.45) is 49.2. The fraction of sp³-hybridized carbons (Fsp3) is 0.872. The summed E-state index contributed by atoms with van der Waals surface area (Å²) in [5.74, 6) is 0. The van der Waals surface area contributed by atoms with E-state index in [1.807, 2.05) is 0 Å². The molecule has 0 fully saturated rings. The van der Waals surface area contributed by atoms with Crippen molar-refractivity contribution in [2.45, 2.75) is 219 Å². The molecule has 1 aromatic rings. The molecule has 0 bridgehead atoms. The topological polar surface area (TPSA) is 3.88 Å². The molecule has 0 saturated heterocycles. The highest BCUT2D eigenvalue weighted by Gasteiger charge is 2.02. The molecule has 234 valence electrons. The summed E-state index contributed by atoms with van der Waals surface area (Å²) < 4.78 is 2.40. The van der Waals surface area contributed by atoms with Crippen LogP contribution in [-0.2, 0) is 13.0 Å². The van der Waals surface area contributed by atoms with E-state index in [1.165, 1.54) is 211 Å². The third-order valence-electron chi connectivity index (χ3n) is 9.05. The molecule has 1 heterocycles. The number of unbranched alkanes of at least 4 members (excludes halogenated alkanes) is 28. The molecule has 40 heavy (non-hydrogen) atoms. The molecule has 0 N–H and O–H groups in total. The van der Waals surface area contributed by atoms with Crippen LogP contribution >= 0.6 is 0 Å². The van der Waals surface area contributed by atoms with Crippen molar-refractivity contribution in [1.82, 2.24) is 0 Å². The number of pyridine rings is 1. The maximum absolute atomic E-state index is 2.40. The van der Waals surface area contributed by atoms with Crippen molar-refractivity contribution < 1.29 is 4.57 Å². The molecular formula is C39H74N+. The van der Waals surface area contributed by atoms with E-state index in [1.54, 1.807) is 0 Å². The molecule has 1 heteroatoms. The van der Waals surface area contributed by atoms with Gasteiger partial charge in [0.15, 0.2) is 12.4 Å². The van der Waals surface area contributed by atoms with Crippen molar-refractivity contribution in [2.24, 2.45) is 0 Å². The SMILES string of the molecule is CCCCCCCCCCCCCCCCCC[n+]1ccc(CCCCCCCCCCCCCCCC)cc1. The van der Waals surface area contributed by atoms with Gasteiger partial charge in [-0.25, -0.2) is 4.57 Å². The van der Waals surface area contributed by atoms with Crippen LogP contribution in [0.4, 0.5) is 0 Å². The summed E-state index contributed by atoms with van der Waals surface area (Å²) in [4.78, 5) is 0. The van der Waals surface area contributed by atoms with E-state index in [9.17, 15) is 0 Å². The van der Waals surface area contributed by atoms with E-state index in [2.05, 4.69) is 42.9 Å². The van der Waals surface area contributed by atoms with Gasteiger partial charge in [0, 0.05) is 18.6 Å². The maximum atomic E-state index is 2.40. The van der Waals surface area contributed by atoms with E-state index in [0.717, 1.165) is 0 Å². The zero-order chi connectivity index (χ0) is 28.6. The second-order valence-corrected chi connectivity index (χ2v) is 13.1. The second-order valence-electron chi connectivity index (χ2n) is 13.1. The maximum Gasteiger partial charge on any atom is 0.169 e. The van der Waals surface area contributed by atoms with E-state index in [0.29, 0.717) is 0 Å². The summed E-state index contributed by atoms with van der Waals surface area (Å²) in [6.45, 7) is 5.80. The van der Waals surface area contributed by atoms with Crippen molar-refractivity contribution in [3.05, 3.63) is 30.1 Å². The lowest BCUT2D eigenvalue weighted by Crippen LogP contribution is -2.32. The average molecular weight is 557 g/mol. The molecule has 1 rings (SSSR count). The quantitative estimate of drug-likeness (QED) is 0.0613. The summed E-state index contributed by atoms with van der Waals surface area (Å²) in [5.41, 5.74) is 1.53. The van der Waals surface area contributed by atoms with Gasteiger partial charge in [0.2, 0.25) is 0 Å². The summed E-state index contributed by atoms with van der Waals surface area (Å²) in [6, 6.07) is 4.74. The average Bonchev–Trinajstić information content (AvgIpc) is 2.98. The molecule has 1 aromatic heterocycles. The van der Waals surface area contributed by atoms with Crippen molar-refractivity contribution in [3.63, 3.8) is 0 Å². The number of hydrogen-bond donors (Lipinski definition) is 0. The predicted molar refractivity (Wildman–Crippen MR) is 180 cm³/mol. The molecular weight excluding hydrogens is 482 g/mol. The number of aryl methyl sites for hydroxylation is 2. The molecule has 0 spiro atoms. The fourth-order valence-electron chi connectivity index (χ4n) is 6.17. The van der Waals surface area contributed by atoms with E-state index in [-0.39, 0.29) is 0 Å². The Morgan fingerprint density at radius 3 is 0.950 bits per heavy atom. The van der Waals surface area contributed by atoms with Crippen molar-refractivity contribution in [2.75, 3.05) is 0 Å². The van der Waals surface area contributed by atoms with Gasteiger partial charge in [0.05, 0.1) is 0 Å². The molecule has 0 amide bonds. The van der Waals surface area contributed by atoms with E-state index in [4.69, 9.17) is 0 Å². The van der Waals surface area contributed by atoms with Gasteiger partial charge in [0.1, 0.15) is 6.54 Å². The number of nitrogens with zero attached hydrogens (tertiary/aromatic N) is 1. The Balaban J connectivity index is 1.82. The molecule has 0 atom stereocenters. The first-order chi connectivity index (χ1) is 19.9. The summed E-state index contributed by atoms with van der Waals surface area (Å²) in [7, 11) is 0. The Morgan fingerprint density at radius 1 is 0.350 bits per heavy atom. The molecule has 0 saturated carbocycles. The van der Waals surface area contributed by atoms with Crippen LogP contribution < -0.4 is 4.57 Å². The first-order valence-corrected chi connectivity index (χ1v) is 18.8. The molecule has 0 aromatic carbocycles. The lowest BCUT2D eigenvalue weighted by molar-refractivity contribution is -0.697. The van der Waals surface area contributed by atoms with Crippen molar-refractivity contribution in [3.8, 4) is 0 Å². The second kappa shape index (κ2) is 31.1. The Bertz CT molecular complexity index is 591. The van der Waals surface area contributed by atoms with Crippen LogP contribution in [0.15, 0.2) is 24.5 Å². The summed E-state index contributed by atoms with van der Waals surface area (Å²) in [5, 5.41) is 0. The third kappa shape index (κ3) is 26.1. The van der Waals surface area contributed by atoms with Crippen LogP contribution in [0.25, 0.3) is 0 Å². The monoisotopic (exact) mass is 557 g/mol. The van der Waals surface area contributed by atoms with Crippen LogP contribution in [0, 0.1) is 0 Å². The normalized spacial score (nSPS) is 11.4. The van der Waals surface area contributed by atoms with Crippen molar-refractivity contribution >= 4 is 0 Å². The molecule has 1 nitrogen and oxygen atoms in total. The van der Waals surface area contributed by atoms with Crippen LogP contribution in [0.1, 0.15) is 212 Å². The van der Waals surface area contributed by atoms with Crippen LogP contribution in [0.2, 0.25) is 0 Å². The number of aromatic nitrogens is 1. The Hall–Kier alpha value is -0.850. The first kappa shape index (κ1) is 37.2. The standard InChI is InChI=1S/C39H74N/c1-3-5-7-9-11-13-15-17-19-20-22-24-26-28-30-32-36-40-37-34-39(35-38-40)33-31-29-27-25-23-21-18-16-14-12-10-8-6-4-2/h34-35,37-38H,3-33,36H2,1-2H3/q+1. The zero-order valence-corrected chi connectivity index (χ0v) is 27.9. The molecule has 0 unspecified atom stereocenters. The van der Waals surface area contributed by atoms with Crippen LogP contribution in [0.5, 0.6) is 0 Å².